The molecule has 0 amide bonds. The van der Waals surface area contributed by atoms with Crippen molar-refractivity contribution in [2.45, 2.75) is 59.3 Å². The summed E-state index contributed by atoms with van der Waals surface area (Å²) >= 11 is 0. The van der Waals surface area contributed by atoms with Crippen LogP contribution in [-0.4, -0.2) is 12.8 Å². The standard InChI is InChI=1S/C41H52N2P/c1-9-13-28-37(44-29-22-30-44)40(42)41(31(5)26-20-18-16-14-15-17-19-21-27-34(41)23-10-2)38-32(6)36(25-12-4)39(43-8)33(7)35(38)24-11-3/h9-10,12-23,26-31,34,43H,1,4,11,24-25,42H2,2-3,5-8H3/q+1/b15-14+,18-16-,19-17+,23-10-,26-20-,27-21-,28-13-,40-37+. The average molecular weight is 604 g/mol. The molecule has 1 aromatic rings. The Balaban J connectivity index is 2.74. The Hall–Kier alpha value is -3.87. The summed E-state index contributed by atoms with van der Waals surface area (Å²) in [5.74, 6) is 4.62. The molecule has 1 heterocycles. The number of allylic oxidation sites excluding steroid dienone is 19. The van der Waals surface area contributed by atoms with Gasteiger partial charge in [0.2, 0.25) is 0 Å². The molecule has 1 aliphatic heterocycles. The summed E-state index contributed by atoms with van der Waals surface area (Å²) in [4.78, 5) is 0. The molecule has 3 heteroatoms. The molecule has 4 atom stereocenters. The van der Waals surface area contributed by atoms with Crippen LogP contribution in [0.25, 0.3) is 0 Å². The van der Waals surface area contributed by atoms with Crippen molar-refractivity contribution < 1.29 is 0 Å². The molecule has 44 heavy (non-hydrogen) atoms. The minimum atomic E-state index is -0.630. The van der Waals surface area contributed by atoms with Gasteiger partial charge >= 0.3 is 0 Å². The summed E-state index contributed by atoms with van der Waals surface area (Å²) < 4.78 is 0. The number of rotatable bonds is 11. The topological polar surface area (TPSA) is 38.0 Å². The van der Waals surface area contributed by atoms with Gasteiger partial charge in [0.1, 0.15) is 11.6 Å². The van der Waals surface area contributed by atoms with E-state index in [0.29, 0.717) is 0 Å². The Morgan fingerprint density at radius 3 is 2.14 bits per heavy atom. The maximum atomic E-state index is 7.78. The van der Waals surface area contributed by atoms with Crippen LogP contribution in [0.5, 0.6) is 0 Å². The number of hydrogen-bond donors (Lipinski definition) is 2. The third-order valence-electron chi connectivity index (χ3n) is 8.79. The van der Waals surface area contributed by atoms with Crippen molar-refractivity contribution in [3.63, 3.8) is 0 Å². The molecule has 0 fully saturated rings. The van der Waals surface area contributed by atoms with E-state index in [0.717, 1.165) is 25.0 Å². The van der Waals surface area contributed by atoms with Crippen molar-refractivity contribution >= 4 is 19.0 Å². The van der Waals surface area contributed by atoms with E-state index < -0.39 is 13.0 Å². The number of nitrogens with two attached hydrogens (primary N) is 1. The van der Waals surface area contributed by atoms with Gasteiger partial charge in [0.15, 0.2) is 12.9 Å². The van der Waals surface area contributed by atoms with E-state index in [1.807, 2.05) is 25.3 Å². The van der Waals surface area contributed by atoms with E-state index in [1.54, 1.807) is 0 Å². The lowest BCUT2D eigenvalue weighted by atomic mass is 9.57. The summed E-state index contributed by atoms with van der Waals surface area (Å²) in [6.07, 6.45) is 39.1. The van der Waals surface area contributed by atoms with Gasteiger partial charge in [0.25, 0.3) is 0 Å². The van der Waals surface area contributed by atoms with Gasteiger partial charge in [-0.3, -0.25) is 0 Å². The zero-order chi connectivity index (χ0) is 32.1. The Kier molecular flexibility index (Phi) is 13.2. The van der Waals surface area contributed by atoms with Crippen LogP contribution >= 0.6 is 7.55 Å². The zero-order valence-corrected chi connectivity index (χ0v) is 28.6. The predicted octanol–water partition coefficient (Wildman–Crippen LogP) is 10.6. The fourth-order valence-corrected chi connectivity index (χ4v) is 8.18. The Bertz CT molecular complexity index is 1520. The summed E-state index contributed by atoms with van der Waals surface area (Å²) in [7, 11) is 1.41. The largest absolute Gasteiger partial charge is 0.398 e. The Morgan fingerprint density at radius 1 is 0.977 bits per heavy atom. The van der Waals surface area contributed by atoms with Gasteiger partial charge in [0, 0.05) is 24.7 Å². The number of anilines is 1. The fourth-order valence-electron chi connectivity index (χ4n) is 6.79. The lowest BCUT2D eigenvalue weighted by Crippen LogP contribution is -2.46. The van der Waals surface area contributed by atoms with Crippen molar-refractivity contribution in [2.24, 2.45) is 17.6 Å². The number of hydrogen-bond acceptors (Lipinski definition) is 2. The molecule has 0 saturated heterocycles. The van der Waals surface area contributed by atoms with Gasteiger partial charge in [-0.1, -0.05) is 118 Å². The van der Waals surface area contributed by atoms with Crippen LogP contribution in [-0.2, 0) is 18.3 Å². The van der Waals surface area contributed by atoms with Gasteiger partial charge < -0.3 is 11.1 Å². The van der Waals surface area contributed by atoms with Crippen molar-refractivity contribution in [1.82, 2.24) is 0 Å². The molecule has 3 N–H and O–H groups in total. The highest BCUT2D eigenvalue weighted by molar-refractivity contribution is 7.67. The molecule has 0 radical (unpaired) electrons. The molecule has 0 saturated carbocycles. The van der Waals surface area contributed by atoms with E-state index in [9.17, 15) is 0 Å². The van der Waals surface area contributed by atoms with E-state index in [2.05, 4.69) is 150 Å². The van der Waals surface area contributed by atoms with Crippen LogP contribution in [0.3, 0.4) is 0 Å². The molecule has 3 rings (SSSR count). The second-order valence-electron chi connectivity index (χ2n) is 11.4. The first kappa shape index (κ1) is 34.6. The van der Waals surface area contributed by atoms with E-state index in [1.165, 1.54) is 38.8 Å². The molecule has 1 aromatic carbocycles. The summed E-state index contributed by atoms with van der Waals surface area (Å²) in [5, 5.41) is 4.75. The third-order valence-corrected chi connectivity index (χ3v) is 10.7. The molecule has 0 spiro atoms. The molecule has 2 nitrogen and oxygen atoms in total. The molecule has 0 aromatic heterocycles. The normalized spacial score (nSPS) is 26.7. The van der Waals surface area contributed by atoms with Crippen LogP contribution in [0.15, 0.2) is 133 Å². The second-order valence-corrected chi connectivity index (χ2v) is 13.3. The van der Waals surface area contributed by atoms with Crippen LogP contribution in [0, 0.1) is 25.7 Å². The number of nitrogens with one attached hydrogen (secondary N) is 1. The lowest BCUT2D eigenvalue weighted by molar-refractivity contribution is 0.331. The monoisotopic (exact) mass is 603 g/mol. The minimum Gasteiger partial charge on any atom is -0.398 e. The van der Waals surface area contributed by atoms with Crippen molar-refractivity contribution in [3.05, 3.63) is 161 Å². The SMILES string of the molecule is C=C/C=C\C(=C(/N)C1(c2c(C)c(CC=C)c(NC)c(C)c2CCC)C(C)\C=C/C=C\C=C\C=C\C=C/C1/C=C\C)[P+]1=CC=C1. The van der Waals surface area contributed by atoms with Gasteiger partial charge in [0.05, 0.1) is 11.1 Å². The molecule has 4 unspecified atom stereocenters. The minimum absolute atomic E-state index is 0.0244. The Morgan fingerprint density at radius 2 is 1.61 bits per heavy atom. The highest BCUT2D eigenvalue weighted by Gasteiger charge is 2.50. The smallest absolute Gasteiger partial charge is 0.173 e. The maximum Gasteiger partial charge on any atom is 0.173 e. The zero-order valence-electron chi connectivity index (χ0n) is 27.7. The van der Waals surface area contributed by atoms with Gasteiger partial charge in [-0.25, -0.2) is 0 Å². The Labute approximate surface area is 268 Å². The molecule has 230 valence electrons. The molecular weight excluding hydrogens is 551 g/mol. The van der Waals surface area contributed by atoms with Crippen LogP contribution in [0.4, 0.5) is 5.69 Å². The molecule has 0 bridgehead atoms. The van der Waals surface area contributed by atoms with Crippen LogP contribution in [0.2, 0.25) is 0 Å². The van der Waals surface area contributed by atoms with Gasteiger partial charge in [-0.05, 0) is 73.4 Å². The average Bonchev–Trinajstić information content (AvgIpc) is 3.00. The summed E-state index contributed by atoms with van der Waals surface area (Å²) in [5.41, 5.74) is 15.9. The van der Waals surface area contributed by atoms with Gasteiger partial charge in [-0.15, -0.1) is 6.58 Å². The van der Waals surface area contributed by atoms with Crippen molar-refractivity contribution in [2.75, 3.05) is 12.4 Å². The fraction of sp³-hybridized carbons (Fsp3) is 0.293. The molecule has 2 aliphatic rings. The van der Waals surface area contributed by atoms with Crippen LogP contribution in [0.1, 0.15) is 55.0 Å². The summed E-state index contributed by atoms with van der Waals surface area (Å²) in [6, 6.07) is 0. The quantitative estimate of drug-likeness (QED) is 0.150. The highest BCUT2D eigenvalue weighted by Crippen LogP contribution is 2.55. The number of benzene rings is 1. The summed E-state index contributed by atoms with van der Waals surface area (Å²) in [6.45, 7) is 19.5. The molecule has 1 aliphatic carbocycles. The van der Waals surface area contributed by atoms with E-state index in [-0.39, 0.29) is 11.8 Å². The second kappa shape index (κ2) is 16.8. The van der Waals surface area contributed by atoms with E-state index >= 15 is 0 Å². The first-order valence-electron chi connectivity index (χ1n) is 15.9. The first-order valence-corrected chi connectivity index (χ1v) is 17.3. The van der Waals surface area contributed by atoms with Crippen molar-refractivity contribution in [1.29, 1.82) is 0 Å². The maximum absolute atomic E-state index is 7.78. The highest BCUT2D eigenvalue weighted by atomic mass is 31.1. The lowest BCUT2D eigenvalue weighted by Gasteiger charge is -2.46. The van der Waals surface area contributed by atoms with Crippen LogP contribution < -0.4 is 11.1 Å². The van der Waals surface area contributed by atoms with Crippen molar-refractivity contribution in [3.8, 4) is 0 Å². The molecular formula is C41H52N2P+. The first-order chi connectivity index (χ1) is 21.3. The third kappa shape index (κ3) is 7.09. The van der Waals surface area contributed by atoms with Gasteiger partial charge in [-0.2, -0.15) is 0 Å². The van der Waals surface area contributed by atoms with E-state index in [4.69, 9.17) is 5.73 Å². The predicted molar refractivity (Wildman–Crippen MR) is 201 cm³/mol.